The predicted octanol–water partition coefficient (Wildman–Crippen LogP) is 0.581. The molecule has 8 heteroatoms. The van der Waals surface area contributed by atoms with Crippen LogP contribution in [0.2, 0.25) is 0 Å². The third kappa shape index (κ3) is 3.17. The summed E-state index contributed by atoms with van der Waals surface area (Å²) in [5.74, 6) is -0.383. The molecule has 0 fully saturated rings. The molecule has 0 aliphatic carbocycles. The Balaban J connectivity index is 1.67. The van der Waals surface area contributed by atoms with Gasteiger partial charge in [-0.1, -0.05) is 6.07 Å². The number of hydrogen-bond acceptors (Lipinski definition) is 5. The summed E-state index contributed by atoms with van der Waals surface area (Å²) >= 11 is 1.48. The van der Waals surface area contributed by atoms with E-state index in [0.29, 0.717) is 5.65 Å². The van der Waals surface area contributed by atoms with E-state index in [1.807, 2.05) is 16.8 Å². The number of aliphatic hydroxyl groups is 1. The van der Waals surface area contributed by atoms with Crippen molar-refractivity contribution in [1.82, 2.24) is 19.5 Å². The zero-order valence-electron chi connectivity index (χ0n) is 12.5. The lowest BCUT2D eigenvalue weighted by molar-refractivity contribution is -0.123. The molecule has 0 aliphatic rings. The van der Waals surface area contributed by atoms with Crippen LogP contribution in [0.15, 0.2) is 46.0 Å². The third-order valence-corrected chi connectivity index (χ3v) is 4.24. The third-order valence-electron chi connectivity index (χ3n) is 3.55. The molecule has 0 aliphatic heterocycles. The van der Waals surface area contributed by atoms with Crippen LogP contribution < -0.4 is 11.0 Å². The molecule has 0 radical (unpaired) electrons. The summed E-state index contributed by atoms with van der Waals surface area (Å²) in [5.41, 5.74) is -0.303. The molecule has 0 unspecified atom stereocenters. The number of fused-ring (bicyclic) bond motifs is 1. The lowest BCUT2D eigenvalue weighted by Gasteiger charge is -2.22. The van der Waals surface area contributed by atoms with Gasteiger partial charge < -0.3 is 10.4 Å². The highest BCUT2D eigenvalue weighted by Gasteiger charge is 2.24. The largest absolute Gasteiger partial charge is 0.384 e. The number of carbonyl (C=O) groups excluding carboxylic acids is 1. The molecule has 0 aromatic carbocycles. The summed E-state index contributed by atoms with van der Waals surface area (Å²) in [5, 5.41) is 20.8. The van der Waals surface area contributed by atoms with Crippen molar-refractivity contribution in [3.63, 3.8) is 0 Å². The Morgan fingerprint density at radius 2 is 2.26 bits per heavy atom. The van der Waals surface area contributed by atoms with Gasteiger partial charge in [-0.15, -0.1) is 5.10 Å². The normalized spacial score (nSPS) is 13.8. The van der Waals surface area contributed by atoms with Gasteiger partial charge >= 0.3 is 5.69 Å². The summed E-state index contributed by atoms with van der Waals surface area (Å²) < 4.78 is 2.47. The van der Waals surface area contributed by atoms with Gasteiger partial charge in [0, 0.05) is 6.20 Å². The number of aromatic nitrogens is 3. The molecule has 3 aromatic rings. The van der Waals surface area contributed by atoms with E-state index in [1.54, 1.807) is 31.3 Å². The summed E-state index contributed by atoms with van der Waals surface area (Å²) in [7, 11) is 0. The standard InChI is InChI=1S/C15H16N4O3S/c1-15(22,11-5-7-23-9-11)10-16-13(20)8-19-14(21)18-6-3-2-4-12(18)17-19/h2-7,9,22H,8,10H2,1H3,(H,16,20)/t15-/m0/s1. The summed E-state index contributed by atoms with van der Waals surface area (Å²) in [4.78, 5) is 24.1. The number of thiophene rings is 1. The molecule has 1 amide bonds. The van der Waals surface area contributed by atoms with Gasteiger partial charge in [0.05, 0.1) is 6.54 Å². The lowest BCUT2D eigenvalue weighted by atomic mass is 9.99. The van der Waals surface area contributed by atoms with E-state index in [0.717, 1.165) is 10.2 Å². The van der Waals surface area contributed by atoms with Crippen molar-refractivity contribution < 1.29 is 9.90 Å². The minimum absolute atomic E-state index is 0.0602. The molecule has 1 atom stereocenters. The van der Waals surface area contributed by atoms with Crippen LogP contribution in [0.25, 0.3) is 5.65 Å². The number of nitrogens with one attached hydrogen (secondary N) is 1. The van der Waals surface area contributed by atoms with Gasteiger partial charge in [0.1, 0.15) is 12.1 Å². The summed E-state index contributed by atoms with van der Waals surface area (Å²) in [6, 6.07) is 6.99. The first kappa shape index (κ1) is 15.4. The van der Waals surface area contributed by atoms with Crippen LogP contribution in [0, 0.1) is 0 Å². The molecule has 3 aromatic heterocycles. The first-order valence-corrected chi connectivity index (χ1v) is 7.97. The second kappa shape index (κ2) is 5.98. The highest BCUT2D eigenvalue weighted by atomic mass is 32.1. The maximum absolute atomic E-state index is 12.1. The average molecular weight is 332 g/mol. The van der Waals surface area contributed by atoms with Gasteiger partial charge in [0.25, 0.3) is 0 Å². The average Bonchev–Trinajstić information content (AvgIpc) is 3.16. The minimum atomic E-state index is -1.15. The van der Waals surface area contributed by atoms with Gasteiger partial charge in [-0.05, 0) is 41.4 Å². The fourth-order valence-corrected chi connectivity index (χ4v) is 2.99. The van der Waals surface area contributed by atoms with Crippen molar-refractivity contribution in [3.05, 3.63) is 57.3 Å². The number of pyridine rings is 1. The fourth-order valence-electron chi connectivity index (χ4n) is 2.21. The first-order chi connectivity index (χ1) is 11.0. The predicted molar refractivity (Wildman–Crippen MR) is 86.4 cm³/mol. The lowest BCUT2D eigenvalue weighted by Crippen LogP contribution is -2.41. The van der Waals surface area contributed by atoms with Crippen LogP contribution in [0.4, 0.5) is 0 Å². The number of carbonyl (C=O) groups is 1. The molecular weight excluding hydrogens is 316 g/mol. The summed E-state index contributed by atoms with van der Waals surface area (Å²) in [6.45, 7) is 1.50. The smallest absolute Gasteiger partial charge is 0.350 e. The Hall–Kier alpha value is -2.45. The van der Waals surface area contributed by atoms with Crippen LogP contribution in [-0.2, 0) is 16.9 Å². The zero-order chi connectivity index (χ0) is 16.4. The van der Waals surface area contributed by atoms with E-state index in [9.17, 15) is 14.7 Å². The Kier molecular flexibility index (Phi) is 4.01. The van der Waals surface area contributed by atoms with Crippen molar-refractivity contribution in [2.75, 3.05) is 6.54 Å². The van der Waals surface area contributed by atoms with Gasteiger partial charge in [-0.3, -0.25) is 9.20 Å². The van der Waals surface area contributed by atoms with E-state index >= 15 is 0 Å². The highest BCUT2D eigenvalue weighted by Crippen LogP contribution is 2.21. The maximum atomic E-state index is 12.1. The Labute approximate surface area is 135 Å². The van der Waals surface area contributed by atoms with E-state index in [2.05, 4.69) is 10.4 Å². The van der Waals surface area contributed by atoms with Crippen LogP contribution in [0.1, 0.15) is 12.5 Å². The SMILES string of the molecule is C[C@](O)(CNC(=O)Cn1nc2ccccn2c1=O)c1ccsc1. The van der Waals surface area contributed by atoms with Crippen molar-refractivity contribution in [2.45, 2.75) is 19.1 Å². The topological polar surface area (TPSA) is 88.6 Å². The van der Waals surface area contributed by atoms with Crippen LogP contribution in [-0.4, -0.2) is 31.7 Å². The Bertz CT molecular complexity index is 880. The molecule has 3 rings (SSSR count). The van der Waals surface area contributed by atoms with Crippen LogP contribution in [0.3, 0.4) is 0 Å². The number of rotatable bonds is 5. The van der Waals surface area contributed by atoms with E-state index < -0.39 is 5.60 Å². The second-order valence-electron chi connectivity index (χ2n) is 5.43. The molecule has 23 heavy (non-hydrogen) atoms. The van der Waals surface area contributed by atoms with Crippen LogP contribution in [0.5, 0.6) is 0 Å². The minimum Gasteiger partial charge on any atom is -0.384 e. The van der Waals surface area contributed by atoms with Crippen molar-refractivity contribution in [1.29, 1.82) is 0 Å². The van der Waals surface area contributed by atoms with Gasteiger partial charge in [0.2, 0.25) is 5.91 Å². The molecule has 0 bridgehead atoms. The van der Waals surface area contributed by atoms with E-state index in [-0.39, 0.29) is 24.7 Å². The van der Waals surface area contributed by atoms with Crippen molar-refractivity contribution in [2.24, 2.45) is 0 Å². The molecule has 0 saturated carbocycles. The van der Waals surface area contributed by atoms with Crippen LogP contribution >= 0.6 is 11.3 Å². The zero-order valence-corrected chi connectivity index (χ0v) is 13.3. The van der Waals surface area contributed by atoms with Gasteiger partial charge in [-0.2, -0.15) is 11.3 Å². The molecular formula is C15H16N4O3S. The fraction of sp³-hybridized carbons (Fsp3) is 0.267. The quantitative estimate of drug-likeness (QED) is 0.715. The molecule has 120 valence electrons. The monoisotopic (exact) mass is 332 g/mol. The van der Waals surface area contributed by atoms with Gasteiger partial charge in [0.15, 0.2) is 5.65 Å². The Morgan fingerprint density at radius 3 is 2.96 bits per heavy atom. The molecule has 2 N–H and O–H groups in total. The maximum Gasteiger partial charge on any atom is 0.350 e. The highest BCUT2D eigenvalue weighted by molar-refractivity contribution is 7.08. The summed E-state index contributed by atoms with van der Waals surface area (Å²) in [6.07, 6.45) is 1.60. The van der Waals surface area contributed by atoms with Crippen molar-refractivity contribution in [3.8, 4) is 0 Å². The number of nitrogens with zero attached hydrogens (tertiary/aromatic N) is 3. The number of hydrogen-bond donors (Lipinski definition) is 2. The Morgan fingerprint density at radius 1 is 1.43 bits per heavy atom. The second-order valence-corrected chi connectivity index (χ2v) is 6.21. The molecule has 3 heterocycles. The molecule has 0 saturated heterocycles. The van der Waals surface area contributed by atoms with E-state index in [1.165, 1.54) is 15.7 Å². The number of amides is 1. The van der Waals surface area contributed by atoms with Crippen molar-refractivity contribution >= 4 is 22.9 Å². The first-order valence-electron chi connectivity index (χ1n) is 7.03. The molecule has 7 nitrogen and oxygen atoms in total. The van der Waals surface area contributed by atoms with Gasteiger partial charge in [-0.25, -0.2) is 9.48 Å². The van der Waals surface area contributed by atoms with E-state index in [4.69, 9.17) is 0 Å². The molecule has 0 spiro atoms.